The van der Waals surface area contributed by atoms with Gasteiger partial charge in [-0.25, -0.2) is 4.39 Å². The van der Waals surface area contributed by atoms with Gasteiger partial charge in [0.05, 0.1) is 18.5 Å². The van der Waals surface area contributed by atoms with Gasteiger partial charge in [-0.05, 0) is 67.9 Å². The van der Waals surface area contributed by atoms with E-state index in [-0.39, 0.29) is 11.8 Å². The molecule has 0 saturated carbocycles. The van der Waals surface area contributed by atoms with Crippen LogP contribution < -0.4 is 15.4 Å². The lowest BCUT2D eigenvalue weighted by atomic mass is 10.2. The van der Waals surface area contributed by atoms with Crippen LogP contribution in [0.15, 0.2) is 70.5 Å². The maximum Gasteiger partial charge on any atom is 0.191 e. The fourth-order valence-corrected chi connectivity index (χ4v) is 3.82. The van der Waals surface area contributed by atoms with Crippen molar-refractivity contribution in [2.24, 2.45) is 4.99 Å². The van der Waals surface area contributed by atoms with E-state index in [4.69, 9.17) is 9.15 Å². The lowest BCUT2D eigenvalue weighted by Gasteiger charge is -2.26. The fourth-order valence-electron chi connectivity index (χ4n) is 3.82. The summed E-state index contributed by atoms with van der Waals surface area (Å²) in [5.74, 6) is 1.82. The van der Waals surface area contributed by atoms with Crippen LogP contribution in [0.5, 0.6) is 11.5 Å². The standard InChI is InChI=1S/C24H28FN5O2/c1-26-24(29-17-21(23-7-5-13-31-23)30-11-2-3-12-30)28-15-18-8-9-22(20(25)14-18)32-19-6-4-10-27-16-19/h4-10,13-14,16,21H,2-3,11-12,15,17H2,1H3,(H2,26,28,29). The van der Waals surface area contributed by atoms with Crippen molar-refractivity contribution in [1.82, 2.24) is 20.5 Å². The zero-order valence-electron chi connectivity index (χ0n) is 18.1. The second-order valence-electron chi connectivity index (χ2n) is 7.64. The number of rotatable bonds is 8. The minimum Gasteiger partial charge on any atom is -0.468 e. The van der Waals surface area contributed by atoms with Crippen molar-refractivity contribution < 1.29 is 13.5 Å². The molecule has 7 nitrogen and oxygen atoms in total. The number of likely N-dealkylation sites (tertiary alicyclic amines) is 1. The topological polar surface area (TPSA) is 74.9 Å². The van der Waals surface area contributed by atoms with Gasteiger partial charge in [-0.15, -0.1) is 0 Å². The molecule has 0 amide bonds. The number of nitrogens with one attached hydrogen (secondary N) is 2. The number of hydrogen-bond acceptors (Lipinski definition) is 5. The van der Waals surface area contributed by atoms with Crippen LogP contribution in [0.1, 0.15) is 30.2 Å². The molecule has 8 heteroatoms. The molecule has 1 unspecified atom stereocenters. The fraction of sp³-hybridized carbons (Fsp3) is 0.333. The Morgan fingerprint density at radius 3 is 2.78 bits per heavy atom. The van der Waals surface area contributed by atoms with E-state index in [1.165, 1.54) is 18.9 Å². The monoisotopic (exact) mass is 437 g/mol. The smallest absolute Gasteiger partial charge is 0.191 e. The van der Waals surface area contributed by atoms with Crippen LogP contribution in [0, 0.1) is 5.82 Å². The molecule has 2 aromatic heterocycles. The van der Waals surface area contributed by atoms with Crippen molar-refractivity contribution in [3.63, 3.8) is 0 Å². The molecule has 2 N–H and O–H groups in total. The highest BCUT2D eigenvalue weighted by Crippen LogP contribution is 2.25. The largest absolute Gasteiger partial charge is 0.468 e. The molecular weight excluding hydrogens is 409 g/mol. The Kier molecular flexibility index (Phi) is 7.34. The summed E-state index contributed by atoms with van der Waals surface area (Å²) >= 11 is 0. The molecule has 4 rings (SSSR count). The zero-order valence-corrected chi connectivity index (χ0v) is 18.1. The van der Waals surface area contributed by atoms with Crippen LogP contribution >= 0.6 is 0 Å². The number of guanidine groups is 1. The quantitative estimate of drug-likeness (QED) is 0.408. The predicted molar refractivity (Wildman–Crippen MR) is 121 cm³/mol. The number of hydrogen-bond donors (Lipinski definition) is 2. The van der Waals surface area contributed by atoms with Crippen molar-refractivity contribution in [1.29, 1.82) is 0 Å². The average molecular weight is 438 g/mol. The summed E-state index contributed by atoms with van der Waals surface area (Å²) in [5, 5.41) is 6.62. The van der Waals surface area contributed by atoms with E-state index in [2.05, 4.69) is 25.5 Å². The number of nitrogens with zero attached hydrogens (tertiary/aromatic N) is 3. The van der Waals surface area contributed by atoms with Crippen LogP contribution in [-0.2, 0) is 6.54 Å². The zero-order chi connectivity index (χ0) is 22.2. The number of halogens is 1. The van der Waals surface area contributed by atoms with Crippen molar-refractivity contribution in [3.8, 4) is 11.5 Å². The molecule has 1 atom stereocenters. The van der Waals surface area contributed by atoms with Crippen LogP contribution in [-0.4, -0.2) is 42.5 Å². The minimum absolute atomic E-state index is 0.146. The highest BCUT2D eigenvalue weighted by atomic mass is 19.1. The Morgan fingerprint density at radius 1 is 1.22 bits per heavy atom. The molecular formula is C24H28FN5O2. The third kappa shape index (κ3) is 5.64. The third-order valence-electron chi connectivity index (χ3n) is 5.46. The van der Waals surface area contributed by atoms with E-state index in [9.17, 15) is 4.39 Å². The van der Waals surface area contributed by atoms with Crippen LogP contribution in [0.25, 0.3) is 0 Å². The van der Waals surface area contributed by atoms with Crippen LogP contribution in [0.3, 0.4) is 0 Å². The summed E-state index contributed by atoms with van der Waals surface area (Å²) in [6.45, 7) is 3.22. The van der Waals surface area contributed by atoms with E-state index in [0.29, 0.717) is 24.8 Å². The van der Waals surface area contributed by atoms with Crippen molar-refractivity contribution >= 4 is 5.96 Å². The van der Waals surface area contributed by atoms with Crippen molar-refractivity contribution in [2.75, 3.05) is 26.7 Å². The van der Waals surface area contributed by atoms with E-state index < -0.39 is 5.82 Å². The molecule has 1 saturated heterocycles. The summed E-state index contributed by atoms with van der Waals surface area (Å²) < 4.78 is 25.7. The molecule has 0 bridgehead atoms. The van der Waals surface area contributed by atoms with Gasteiger partial charge < -0.3 is 19.8 Å². The maximum absolute atomic E-state index is 14.5. The lowest BCUT2D eigenvalue weighted by Crippen LogP contribution is -2.42. The van der Waals surface area contributed by atoms with Gasteiger partial charge in [0.15, 0.2) is 17.5 Å². The van der Waals surface area contributed by atoms with Gasteiger partial charge in [-0.1, -0.05) is 6.07 Å². The molecule has 0 radical (unpaired) electrons. The number of benzene rings is 1. The Labute approximate surface area is 187 Å². The van der Waals surface area contributed by atoms with E-state index in [1.54, 1.807) is 43.9 Å². The molecule has 168 valence electrons. The van der Waals surface area contributed by atoms with Gasteiger partial charge in [0.1, 0.15) is 11.5 Å². The second kappa shape index (κ2) is 10.8. The Balaban J connectivity index is 1.32. The molecule has 1 aliphatic heterocycles. The summed E-state index contributed by atoms with van der Waals surface area (Å²) in [6, 6.07) is 12.5. The molecule has 1 aromatic carbocycles. The summed E-state index contributed by atoms with van der Waals surface area (Å²) in [7, 11) is 1.72. The van der Waals surface area contributed by atoms with Gasteiger partial charge in [-0.2, -0.15) is 0 Å². The first-order chi connectivity index (χ1) is 15.7. The number of pyridine rings is 1. The Bertz CT molecular complexity index is 1000. The molecule has 0 spiro atoms. The van der Waals surface area contributed by atoms with Crippen molar-refractivity contribution in [2.45, 2.75) is 25.4 Å². The molecule has 32 heavy (non-hydrogen) atoms. The normalized spacial score (nSPS) is 15.5. The molecule has 0 aliphatic carbocycles. The predicted octanol–water partition coefficient (Wildman–Crippen LogP) is 4.11. The lowest BCUT2D eigenvalue weighted by molar-refractivity contribution is 0.215. The van der Waals surface area contributed by atoms with Crippen LogP contribution in [0.2, 0.25) is 0 Å². The highest BCUT2D eigenvalue weighted by molar-refractivity contribution is 5.79. The highest BCUT2D eigenvalue weighted by Gasteiger charge is 2.25. The summed E-state index contributed by atoms with van der Waals surface area (Å²) in [5.41, 5.74) is 0.783. The number of furan rings is 1. The summed E-state index contributed by atoms with van der Waals surface area (Å²) in [6.07, 6.45) is 7.30. The van der Waals surface area contributed by atoms with Gasteiger partial charge >= 0.3 is 0 Å². The van der Waals surface area contributed by atoms with Crippen molar-refractivity contribution in [3.05, 3.63) is 78.3 Å². The van der Waals surface area contributed by atoms with Crippen LogP contribution in [0.4, 0.5) is 4.39 Å². The van der Waals surface area contributed by atoms with Gasteiger partial charge in [-0.3, -0.25) is 14.9 Å². The van der Waals surface area contributed by atoms with E-state index in [1.807, 2.05) is 18.2 Å². The second-order valence-corrected chi connectivity index (χ2v) is 7.64. The SMILES string of the molecule is CN=C(NCc1ccc(Oc2cccnc2)c(F)c1)NCC(c1ccco1)N1CCCC1. The number of ether oxygens (including phenoxy) is 1. The Morgan fingerprint density at radius 2 is 2.09 bits per heavy atom. The van der Waals surface area contributed by atoms with Gasteiger partial charge in [0.2, 0.25) is 0 Å². The average Bonchev–Trinajstić information content (AvgIpc) is 3.54. The molecule has 1 fully saturated rings. The number of aromatic nitrogens is 1. The maximum atomic E-state index is 14.5. The first-order valence-corrected chi connectivity index (χ1v) is 10.8. The van der Waals surface area contributed by atoms with Gasteiger partial charge in [0, 0.05) is 26.3 Å². The first kappa shape index (κ1) is 21.8. The molecule has 3 heterocycles. The minimum atomic E-state index is -0.428. The third-order valence-corrected chi connectivity index (χ3v) is 5.46. The summed E-state index contributed by atoms with van der Waals surface area (Å²) in [4.78, 5) is 10.7. The number of aliphatic imine (C=N–C) groups is 1. The van der Waals surface area contributed by atoms with Gasteiger partial charge in [0.25, 0.3) is 0 Å². The molecule has 3 aromatic rings. The van der Waals surface area contributed by atoms with E-state index in [0.717, 1.165) is 24.4 Å². The Hall–Kier alpha value is -3.39. The first-order valence-electron chi connectivity index (χ1n) is 10.8. The van der Waals surface area contributed by atoms with E-state index >= 15 is 0 Å². The molecule has 1 aliphatic rings.